The third kappa shape index (κ3) is 3.82. The number of hydrogen-bond donors (Lipinski definition) is 1. The SMILES string of the molecule is CCNc1ncnc(OCC2CCCCC2)c1CC. The van der Waals surface area contributed by atoms with Crippen LogP contribution in [0.1, 0.15) is 51.5 Å². The minimum atomic E-state index is 0.705. The van der Waals surface area contributed by atoms with Crippen LogP contribution in [0.5, 0.6) is 5.88 Å². The van der Waals surface area contributed by atoms with Crippen LogP contribution in [0.4, 0.5) is 5.82 Å². The molecule has 0 atom stereocenters. The molecule has 0 aromatic carbocycles. The van der Waals surface area contributed by atoms with Crippen molar-refractivity contribution in [1.82, 2.24) is 9.97 Å². The van der Waals surface area contributed by atoms with E-state index in [0.29, 0.717) is 5.92 Å². The molecule has 1 N–H and O–H groups in total. The van der Waals surface area contributed by atoms with Crippen molar-refractivity contribution in [3.8, 4) is 5.88 Å². The van der Waals surface area contributed by atoms with Gasteiger partial charge in [0.25, 0.3) is 0 Å². The van der Waals surface area contributed by atoms with Crippen molar-refractivity contribution in [2.45, 2.75) is 52.4 Å². The first-order valence-corrected chi connectivity index (χ1v) is 7.55. The maximum atomic E-state index is 5.96. The van der Waals surface area contributed by atoms with Gasteiger partial charge in [0.05, 0.1) is 12.2 Å². The van der Waals surface area contributed by atoms with E-state index in [2.05, 4.69) is 29.1 Å². The van der Waals surface area contributed by atoms with Gasteiger partial charge >= 0.3 is 0 Å². The Bertz CT molecular complexity index is 389. The van der Waals surface area contributed by atoms with E-state index >= 15 is 0 Å². The van der Waals surface area contributed by atoms with Gasteiger partial charge in [-0.05, 0) is 32.1 Å². The molecule has 0 unspecified atom stereocenters. The molecule has 1 aromatic heterocycles. The highest BCUT2D eigenvalue weighted by Gasteiger charge is 2.16. The average Bonchev–Trinajstić information content (AvgIpc) is 2.46. The molecule has 0 saturated heterocycles. The Hall–Kier alpha value is -1.32. The number of nitrogens with one attached hydrogen (secondary N) is 1. The van der Waals surface area contributed by atoms with Crippen molar-refractivity contribution < 1.29 is 4.74 Å². The first kappa shape index (κ1) is 14.1. The van der Waals surface area contributed by atoms with E-state index < -0.39 is 0 Å². The molecule has 0 radical (unpaired) electrons. The molecular formula is C15H25N3O. The lowest BCUT2D eigenvalue weighted by atomic mass is 9.90. The van der Waals surface area contributed by atoms with Crippen LogP contribution in [-0.2, 0) is 6.42 Å². The van der Waals surface area contributed by atoms with Crippen LogP contribution in [-0.4, -0.2) is 23.1 Å². The third-order valence-corrected chi connectivity index (χ3v) is 3.78. The number of nitrogens with zero attached hydrogens (tertiary/aromatic N) is 2. The normalized spacial score (nSPS) is 16.3. The third-order valence-electron chi connectivity index (χ3n) is 3.78. The second kappa shape index (κ2) is 7.31. The summed E-state index contributed by atoms with van der Waals surface area (Å²) < 4.78 is 5.96. The van der Waals surface area contributed by atoms with Crippen molar-refractivity contribution in [3.05, 3.63) is 11.9 Å². The molecule has 0 spiro atoms. The summed E-state index contributed by atoms with van der Waals surface area (Å²) in [6.07, 6.45) is 9.16. The summed E-state index contributed by atoms with van der Waals surface area (Å²) >= 11 is 0. The Morgan fingerprint density at radius 1 is 1.21 bits per heavy atom. The second-order valence-corrected chi connectivity index (χ2v) is 5.20. The molecule has 2 rings (SSSR count). The molecule has 19 heavy (non-hydrogen) atoms. The van der Waals surface area contributed by atoms with Gasteiger partial charge in [0, 0.05) is 6.54 Å². The maximum absolute atomic E-state index is 5.96. The highest BCUT2D eigenvalue weighted by atomic mass is 16.5. The first-order valence-electron chi connectivity index (χ1n) is 7.55. The quantitative estimate of drug-likeness (QED) is 0.854. The van der Waals surface area contributed by atoms with Crippen LogP contribution < -0.4 is 10.1 Å². The van der Waals surface area contributed by atoms with Crippen LogP contribution in [0, 0.1) is 5.92 Å². The molecule has 1 aliphatic rings. The molecule has 4 nitrogen and oxygen atoms in total. The van der Waals surface area contributed by atoms with Crippen LogP contribution in [0.3, 0.4) is 0 Å². The Morgan fingerprint density at radius 2 is 2.00 bits per heavy atom. The first-order chi connectivity index (χ1) is 9.35. The van der Waals surface area contributed by atoms with Crippen molar-refractivity contribution in [1.29, 1.82) is 0 Å². The smallest absolute Gasteiger partial charge is 0.221 e. The molecule has 1 fully saturated rings. The highest BCUT2D eigenvalue weighted by Crippen LogP contribution is 2.26. The van der Waals surface area contributed by atoms with Crippen molar-refractivity contribution in [3.63, 3.8) is 0 Å². The summed E-state index contributed by atoms with van der Waals surface area (Å²) in [7, 11) is 0. The molecule has 1 heterocycles. The molecule has 0 aliphatic heterocycles. The second-order valence-electron chi connectivity index (χ2n) is 5.20. The molecule has 0 amide bonds. The average molecular weight is 263 g/mol. The molecule has 106 valence electrons. The van der Waals surface area contributed by atoms with Gasteiger partial charge in [0.1, 0.15) is 12.1 Å². The summed E-state index contributed by atoms with van der Waals surface area (Å²) in [6, 6.07) is 0. The van der Waals surface area contributed by atoms with Gasteiger partial charge in [0.15, 0.2) is 0 Å². The topological polar surface area (TPSA) is 47.0 Å². The number of rotatable bonds is 6. The van der Waals surface area contributed by atoms with E-state index in [4.69, 9.17) is 4.74 Å². The van der Waals surface area contributed by atoms with Crippen LogP contribution in [0.25, 0.3) is 0 Å². The maximum Gasteiger partial charge on any atom is 0.221 e. The lowest BCUT2D eigenvalue weighted by molar-refractivity contribution is 0.201. The lowest BCUT2D eigenvalue weighted by Gasteiger charge is -2.22. The van der Waals surface area contributed by atoms with Crippen LogP contribution >= 0.6 is 0 Å². The molecule has 4 heteroatoms. The summed E-state index contributed by atoms with van der Waals surface area (Å²) in [6.45, 7) is 5.86. The molecule has 1 saturated carbocycles. The van der Waals surface area contributed by atoms with Gasteiger partial charge in [0.2, 0.25) is 5.88 Å². The summed E-state index contributed by atoms with van der Waals surface area (Å²) in [5.41, 5.74) is 1.10. The van der Waals surface area contributed by atoms with E-state index in [0.717, 1.165) is 36.8 Å². The summed E-state index contributed by atoms with van der Waals surface area (Å²) in [5.74, 6) is 2.38. The Labute approximate surface area is 116 Å². The molecule has 1 aromatic rings. The number of ether oxygens (including phenoxy) is 1. The minimum Gasteiger partial charge on any atom is -0.477 e. The fourth-order valence-electron chi connectivity index (χ4n) is 2.71. The van der Waals surface area contributed by atoms with Crippen molar-refractivity contribution >= 4 is 5.82 Å². The zero-order valence-electron chi connectivity index (χ0n) is 12.1. The van der Waals surface area contributed by atoms with Crippen molar-refractivity contribution in [2.75, 3.05) is 18.5 Å². The Balaban J connectivity index is 2.00. The molecule has 0 bridgehead atoms. The predicted molar refractivity (Wildman–Crippen MR) is 77.6 cm³/mol. The lowest BCUT2D eigenvalue weighted by Crippen LogP contribution is -2.17. The monoisotopic (exact) mass is 263 g/mol. The Morgan fingerprint density at radius 3 is 2.68 bits per heavy atom. The van der Waals surface area contributed by atoms with Gasteiger partial charge in [-0.25, -0.2) is 9.97 Å². The largest absolute Gasteiger partial charge is 0.477 e. The van der Waals surface area contributed by atoms with Gasteiger partial charge in [-0.2, -0.15) is 0 Å². The zero-order chi connectivity index (χ0) is 13.5. The van der Waals surface area contributed by atoms with Gasteiger partial charge in [-0.3, -0.25) is 0 Å². The Kier molecular flexibility index (Phi) is 5.43. The number of hydrogen-bond acceptors (Lipinski definition) is 4. The van der Waals surface area contributed by atoms with E-state index in [1.165, 1.54) is 32.1 Å². The standard InChI is InChI=1S/C15H25N3O/c1-3-13-14(16-4-2)17-11-18-15(13)19-10-12-8-6-5-7-9-12/h11-12H,3-10H2,1-2H3,(H,16,17,18). The van der Waals surface area contributed by atoms with Gasteiger partial charge in [-0.1, -0.05) is 26.2 Å². The minimum absolute atomic E-state index is 0.705. The van der Waals surface area contributed by atoms with E-state index in [9.17, 15) is 0 Å². The summed E-state index contributed by atoms with van der Waals surface area (Å²) in [4.78, 5) is 8.60. The van der Waals surface area contributed by atoms with Crippen molar-refractivity contribution in [2.24, 2.45) is 5.92 Å². The van der Waals surface area contributed by atoms with Crippen LogP contribution in [0.15, 0.2) is 6.33 Å². The molecule has 1 aliphatic carbocycles. The summed E-state index contributed by atoms with van der Waals surface area (Å²) in [5, 5.41) is 3.27. The number of anilines is 1. The van der Waals surface area contributed by atoms with E-state index in [1.54, 1.807) is 6.33 Å². The molecular weight excluding hydrogens is 238 g/mol. The van der Waals surface area contributed by atoms with Crippen LogP contribution in [0.2, 0.25) is 0 Å². The fourth-order valence-corrected chi connectivity index (χ4v) is 2.71. The van der Waals surface area contributed by atoms with Gasteiger partial charge in [-0.15, -0.1) is 0 Å². The van der Waals surface area contributed by atoms with E-state index in [-0.39, 0.29) is 0 Å². The zero-order valence-corrected chi connectivity index (χ0v) is 12.1. The fraction of sp³-hybridized carbons (Fsp3) is 0.733. The van der Waals surface area contributed by atoms with Gasteiger partial charge < -0.3 is 10.1 Å². The number of aromatic nitrogens is 2. The predicted octanol–water partition coefficient (Wildman–Crippen LogP) is 3.43. The van der Waals surface area contributed by atoms with E-state index in [1.807, 2.05) is 0 Å². The highest BCUT2D eigenvalue weighted by molar-refractivity contribution is 5.48.